The zero-order valence-electron chi connectivity index (χ0n) is 14.9. The van der Waals surface area contributed by atoms with Crippen LogP contribution in [0.25, 0.3) is 0 Å². The highest BCUT2D eigenvalue weighted by atomic mass is 16.5. The van der Waals surface area contributed by atoms with Crippen LogP contribution in [-0.4, -0.2) is 23.8 Å². The normalized spacial score (nSPS) is 13.8. The highest BCUT2D eigenvalue weighted by molar-refractivity contribution is 5.37. The number of hydrogen-bond donors (Lipinski definition) is 1. The SMILES string of the molecule is CCCCCCCCCCCCCCCC(OC=O)C(C)O. The smallest absolute Gasteiger partial charge is 0.293 e. The maximum absolute atomic E-state index is 10.3. The zero-order chi connectivity index (χ0) is 16.5. The Labute approximate surface area is 137 Å². The molecule has 0 saturated heterocycles. The molecule has 2 atom stereocenters. The van der Waals surface area contributed by atoms with Crippen LogP contribution in [0.2, 0.25) is 0 Å². The fourth-order valence-corrected chi connectivity index (χ4v) is 2.86. The van der Waals surface area contributed by atoms with Crippen LogP contribution in [0.5, 0.6) is 0 Å². The van der Waals surface area contributed by atoms with E-state index in [0.29, 0.717) is 6.47 Å². The lowest BCUT2D eigenvalue weighted by Gasteiger charge is -2.17. The van der Waals surface area contributed by atoms with Crippen molar-refractivity contribution in [3.63, 3.8) is 0 Å². The fourth-order valence-electron chi connectivity index (χ4n) is 2.86. The largest absolute Gasteiger partial charge is 0.462 e. The van der Waals surface area contributed by atoms with Crippen molar-refractivity contribution in [3.8, 4) is 0 Å². The first-order chi connectivity index (χ1) is 10.7. The predicted molar refractivity (Wildman–Crippen MR) is 92.9 cm³/mol. The van der Waals surface area contributed by atoms with E-state index in [1.54, 1.807) is 6.92 Å². The maximum atomic E-state index is 10.3. The second-order valence-corrected chi connectivity index (χ2v) is 6.54. The van der Waals surface area contributed by atoms with Gasteiger partial charge in [0.2, 0.25) is 0 Å². The molecular formula is C19H38O3. The Morgan fingerprint density at radius 3 is 1.59 bits per heavy atom. The first kappa shape index (κ1) is 21.4. The van der Waals surface area contributed by atoms with Gasteiger partial charge in [-0.15, -0.1) is 0 Å². The van der Waals surface area contributed by atoms with Gasteiger partial charge in [-0.2, -0.15) is 0 Å². The number of aliphatic hydroxyl groups is 1. The van der Waals surface area contributed by atoms with Gasteiger partial charge in [0.05, 0.1) is 6.10 Å². The Hall–Kier alpha value is -0.570. The molecule has 0 aromatic carbocycles. The van der Waals surface area contributed by atoms with Crippen molar-refractivity contribution in [2.75, 3.05) is 0 Å². The van der Waals surface area contributed by atoms with E-state index >= 15 is 0 Å². The Balaban J connectivity index is 3.21. The number of unbranched alkanes of at least 4 members (excludes halogenated alkanes) is 12. The van der Waals surface area contributed by atoms with Crippen molar-refractivity contribution in [2.24, 2.45) is 0 Å². The van der Waals surface area contributed by atoms with E-state index in [2.05, 4.69) is 6.92 Å². The average molecular weight is 315 g/mol. The summed E-state index contributed by atoms with van der Waals surface area (Å²) in [6.45, 7) is 4.38. The molecule has 0 aliphatic rings. The molecule has 3 nitrogen and oxygen atoms in total. The molecule has 0 heterocycles. The van der Waals surface area contributed by atoms with Crippen molar-refractivity contribution in [2.45, 2.75) is 116 Å². The number of hydrogen-bond acceptors (Lipinski definition) is 3. The van der Waals surface area contributed by atoms with E-state index in [4.69, 9.17) is 4.74 Å². The van der Waals surface area contributed by atoms with Gasteiger partial charge < -0.3 is 9.84 Å². The van der Waals surface area contributed by atoms with Gasteiger partial charge in [0.25, 0.3) is 6.47 Å². The fraction of sp³-hybridized carbons (Fsp3) is 0.947. The molecule has 0 aromatic heterocycles. The van der Waals surface area contributed by atoms with Crippen molar-refractivity contribution in [1.82, 2.24) is 0 Å². The van der Waals surface area contributed by atoms with Crippen LogP contribution in [0, 0.1) is 0 Å². The van der Waals surface area contributed by atoms with Gasteiger partial charge >= 0.3 is 0 Å². The minimum absolute atomic E-state index is 0.329. The third-order valence-corrected chi connectivity index (χ3v) is 4.36. The molecule has 0 aliphatic heterocycles. The molecule has 0 amide bonds. The molecule has 0 fully saturated rings. The molecule has 0 radical (unpaired) electrons. The third-order valence-electron chi connectivity index (χ3n) is 4.36. The highest BCUT2D eigenvalue weighted by Gasteiger charge is 2.14. The monoisotopic (exact) mass is 314 g/mol. The molecule has 2 unspecified atom stereocenters. The predicted octanol–water partition coefficient (Wildman–Crippen LogP) is 5.39. The van der Waals surface area contributed by atoms with Crippen LogP contribution in [0.4, 0.5) is 0 Å². The summed E-state index contributed by atoms with van der Waals surface area (Å²) in [6, 6.07) is 0. The Morgan fingerprint density at radius 1 is 0.818 bits per heavy atom. The van der Waals surface area contributed by atoms with Gasteiger partial charge in [-0.25, -0.2) is 0 Å². The molecule has 0 rings (SSSR count). The molecule has 0 saturated carbocycles. The molecular weight excluding hydrogens is 276 g/mol. The minimum Gasteiger partial charge on any atom is -0.462 e. The summed E-state index contributed by atoms with van der Waals surface area (Å²) < 4.78 is 4.88. The lowest BCUT2D eigenvalue weighted by molar-refractivity contribution is -0.139. The summed E-state index contributed by atoms with van der Waals surface area (Å²) >= 11 is 0. The van der Waals surface area contributed by atoms with Gasteiger partial charge in [0, 0.05) is 0 Å². The molecule has 0 aliphatic carbocycles. The van der Waals surface area contributed by atoms with Gasteiger partial charge in [0.15, 0.2) is 0 Å². The number of carbonyl (C=O) groups is 1. The van der Waals surface area contributed by atoms with Crippen LogP contribution in [0.1, 0.15) is 104 Å². The minimum atomic E-state index is -0.567. The second-order valence-electron chi connectivity index (χ2n) is 6.54. The van der Waals surface area contributed by atoms with E-state index in [1.165, 1.54) is 77.0 Å². The molecule has 132 valence electrons. The molecule has 0 bridgehead atoms. The standard InChI is InChI=1S/C19H38O3/c1-3-4-5-6-7-8-9-10-11-12-13-14-15-16-19(18(2)21)22-17-20/h17-19,21H,3-16H2,1-2H3. The number of ether oxygens (including phenoxy) is 1. The summed E-state index contributed by atoms with van der Waals surface area (Å²) in [5.74, 6) is 0. The Morgan fingerprint density at radius 2 is 1.23 bits per heavy atom. The first-order valence-electron chi connectivity index (χ1n) is 9.49. The van der Waals surface area contributed by atoms with Crippen molar-refractivity contribution in [1.29, 1.82) is 0 Å². The van der Waals surface area contributed by atoms with E-state index in [9.17, 15) is 9.90 Å². The number of rotatable bonds is 17. The lowest BCUT2D eigenvalue weighted by Crippen LogP contribution is -2.25. The molecule has 22 heavy (non-hydrogen) atoms. The average Bonchev–Trinajstić information content (AvgIpc) is 2.50. The van der Waals surface area contributed by atoms with Crippen molar-refractivity contribution in [3.05, 3.63) is 0 Å². The summed E-state index contributed by atoms with van der Waals surface area (Å²) in [7, 11) is 0. The van der Waals surface area contributed by atoms with Crippen LogP contribution >= 0.6 is 0 Å². The summed E-state index contributed by atoms with van der Waals surface area (Å²) in [5.41, 5.74) is 0. The summed E-state index contributed by atoms with van der Waals surface area (Å²) in [5, 5.41) is 9.45. The second kappa shape index (κ2) is 16.8. The van der Waals surface area contributed by atoms with Crippen molar-refractivity contribution >= 4 is 6.47 Å². The van der Waals surface area contributed by atoms with Gasteiger partial charge in [0.1, 0.15) is 6.10 Å². The molecule has 3 heteroatoms. The first-order valence-corrected chi connectivity index (χ1v) is 9.49. The molecule has 0 spiro atoms. The topological polar surface area (TPSA) is 46.5 Å². The third kappa shape index (κ3) is 14.4. The van der Waals surface area contributed by atoms with E-state index in [-0.39, 0.29) is 6.10 Å². The highest BCUT2D eigenvalue weighted by Crippen LogP contribution is 2.14. The van der Waals surface area contributed by atoms with E-state index < -0.39 is 6.10 Å². The van der Waals surface area contributed by atoms with Gasteiger partial charge in [-0.3, -0.25) is 4.79 Å². The maximum Gasteiger partial charge on any atom is 0.293 e. The van der Waals surface area contributed by atoms with Crippen LogP contribution < -0.4 is 0 Å². The Bertz CT molecular complexity index is 229. The lowest BCUT2D eigenvalue weighted by atomic mass is 10.0. The number of carbonyl (C=O) groups excluding carboxylic acids is 1. The van der Waals surface area contributed by atoms with E-state index in [1.807, 2.05) is 0 Å². The van der Waals surface area contributed by atoms with Gasteiger partial charge in [-0.05, 0) is 19.8 Å². The zero-order valence-corrected chi connectivity index (χ0v) is 14.9. The van der Waals surface area contributed by atoms with E-state index in [0.717, 1.165) is 12.8 Å². The van der Waals surface area contributed by atoms with Gasteiger partial charge in [-0.1, -0.05) is 84.0 Å². The molecule has 1 N–H and O–H groups in total. The Kier molecular flexibility index (Phi) is 16.4. The van der Waals surface area contributed by atoms with Crippen LogP contribution in [0.3, 0.4) is 0 Å². The van der Waals surface area contributed by atoms with Crippen LogP contribution in [0.15, 0.2) is 0 Å². The van der Waals surface area contributed by atoms with Crippen LogP contribution in [-0.2, 0) is 9.53 Å². The quantitative estimate of drug-likeness (QED) is 0.289. The molecule has 0 aromatic rings. The summed E-state index contributed by atoms with van der Waals surface area (Å²) in [4.78, 5) is 10.3. The van der Waals surface area contributed by atoms with Crippen molar-refractivity contribution < 1.29 is 14.6 Å². The summed E-state index contributed by atoms with van der Waals surface area (Å²) in [6.07, 6.45) is 17.1. The number of aliphatic hydroxyl groups excluding tert-OH is 1.